The van der Waals surface area contributed by atoms with E-state index in [-0.39, 0.29) is 4.90 Å². The van der Waals surface area contributed by atoms with Crippen LogP contribution in [0.4, 0.5) is 0 Å². The van der Waals surface area contributed by atoms with Gasteiger partial charge in [0.25, 0.3) is 0 Å². The van der Waals surface area contributed by atoms with Crippen molar-refractivity contribution < 1.29 is 8.42 Å². The van der Waals surface area contributed by atoms with Crippen molar-refractivity contribution in [3.8, 4) is 0 Å². The summed E-state index contributed by atoms with van der Waals surface area (Å²) in [5, 5.41) is 0. The zero-order valence-electron chi connectivity index (χ0n) is 12.1. The van der Waals surface area contributed by atoms with E-state index in [1.165, 1.54) is 0 Å². The van der Waals surface area contributed by atoms with Crippen molar-refractivity contribution in [1.82, 2.24) is 9.62 Å². The second-order valence-electron chi connectivity index (χ2n) is 4.94. The number of hydrogen-bond acceptors (Lipinski definition) is 4. The van der Waals surface area contributed by atoms with Gasteiger partial charge in [-0.3, -0.25) is 0 Å². The van der Waals surface area contributed by atoms with Crippen molar-refractivity contribution in [3.63, 3.8) is 0 Å². The molecule has 0 heterocycles. The molecule has 1 aromatic carbocycles. The summed E-state index contributed by atoms with van der Waals surface area (Å²) in [5.74, 6) is 0. The molecule has 0 saturated heterocycles. The predicted octanol–water partition coefficient (Wildman–Crippen LogP) is 1.53. The van der Waals surface area contributed by atoms with E-state index in [0.29, 0.717) is 30.1 Å². The minimum absolute atomic E-state index is 0.229. The van der Waals surface area contributed by atoms with Gasteiger partial charge in [0.15, 0.2) is 0 Å². The summed E-state index contributed by atoms with van der Waals surface area (Å²) < 4.78 is 27.7. The number of sulfonamides is 1. The largest absolute Gasteiger partial charge is 0.326 e. The maximum atomic E-state index is 12.3. The van der Waals surface area contributed by atoms with Crippen molar-refractivity contribution in [2.24, 2.45) is 5.73 Å². The van der Waals surface area contributed by atoms with Crippen LogP contribution in [0.15, 0.2) is 27.6 Å². The molecule has 1 rings (SSSR count). The van der Waals surface area contributed by atoms with Gasteiger partial charge in [0.1, 0.15) is 0 Å². The average Bonchev–Trinajstić information content (AvgIpc) is 2.38. The summed E-state index contributed by atoms with van der Waals surface area (Å²) in [4.78, 5) is 2.31. The quantitative estimate of drug-likeness (QED) is 0.769. The molecule has 0 saturated carbocycles. The third-order valence-electron chi connectivity index (χ3n) is 3.16. The Kier molecular flexibility index (Phi) is 6.60. The standard InChI is InChI=1S/C13H22BrN3O2S/c1-10(2)17(3)7-6-16-20(18,19)13-8-11(9-15)4-5-12(13)14/h4-5,8,10,16H,6-7,9,15H2,1-3H3. The van der Waals surface area contributed by atoms with Gasteiger partial charge in [0.2, 0.25) is 10.0 Å². The minimum Gasteiger partial charge on any atom is -0.326 e. The first-order chi connectivity index (χ1) is 9.27. The Balaban J connectivity index is 2.79. The third kappa shape index (κ3) is 4.82. The zero-order valence-corrected chi connectivity index (χ0v) is 14.5. The van der Waals surface area contributed by atoms with E-state index in [0.717, 1.165) is 5.56 Å². The fraction of sp³-hybridized carbons (Fsp3) is 0.538. The maximum absolute atomic E-state index is 12.3. The summed E-state index contributed by atoms with van der Waals surface area (Å²) in [7, 11) is -1.56. The highest BCUT2D eigenvalue weighted by Gasteiger charge is 2.18. The number of nitrogens with one attached hydrogen (secondary N) is 1. The molecule has 0 spiro atoms. The first kappa shape index (κ1) is 17.6. The summed E-state index contributed by atoms with van der Waals surface area (Å²) in [6, 6.07) is 5.48. The van der Waals surface area contributed by atoms with Crippen LogP contribution in [0.25, 0.3) is 0 Å². The number of nitrogens with two attached hydrogens (primary N) is 1. The molecule has 0 fully saturated rings. The van der Waals surface area contributed by atoms with Crippen LogP contribution in [-0.2, 0) is 16.6 Å². The number of nitrogens with zero attached hydrogens (tertiary/aromatic N) is 1. The molecule has 0 aliphatic carbocycles. The first-order valence-corrected chi connectivity index (χ1v) is 8.74. The van der Waals surface area contributed by atoms with Gasteiger partial charge in [0, 0.05) is 30.1 Å². The molecule has 0 aliphatic heterocycles. The van der Waals surface area contributed by atoms with E-state index in [2.05, 4.69) is 39.4 Å². The zero-order chi connectivity index (χ0) is 15.3. The van der Waals surface area contributed by atoms with Crippen LogP contribution in [0.3, 0.4) is 0 Å². The number of halogens is 1. The number of rotatable bonds is 7. The van der Waals surface area contributed by atoms with E-state index in [4.69, 9.17) is 5.73 Å². The fourth-order valence-electron chi connectivity index (χ4n) is 1.57. The Morgan fingerprint density at radius 3 is 2.60 bits per heavy atom. The first-order valence-electron chi connectivity index (χ1n) is 6.46. The van der Waals surface area contributed by atoms with E-state index < -0.39 is 10.0 Å². The highest BCUT2D eigenvalue weighted by molar-refractivity contribution is 9.10. The van der Waals surface area contributed by atoms with Crippen LogP contribution < -0.4 is 10.5 Å². The van der Waals surface area contributed by atoms with Gasteiger partial charge in [-0.25, -0.2) is 13.1 Å². The molecular weight excluding hydrogens is 342 g/mol. The van der Waals surface area contributed by atoms with Crippen molar-refractivity contribution in [2.75, 3.05) is 20.1 Å². The normalized spacial score (nSPS) is 12.3. The number of hydrogen-bond donors (Lipinski definition) is 2. The van der Waals surface area contributed by atoms with E-state index in [1.54, 1.807) is 18.2 Å². The van der Waals surface area contributed by atoms with Gasteiger partial charge in [-0.1, -0.05) is 6.07 Å². The summed E-state index contributed by atoms with van der Waals surface area (Å²) >= 11 is 3.27. The smallest absolute Gasteiger partial charge is 0.241 e. The lowest BCUT2D eigenvalue weighted by atomic mass is 10.2. The molecule has 5 nitrogen and oxygen atoms in total. The van der Waals surface area contributed by atoms with Crippen LogP contribution in [0, 0.1) is 0 Å². The van der Waals surface area contributed by atoms with Crippen molar-refractivity contribution >= 4 is 26.0 Å². The van der Waals surface area contributed by atoms with Gasteiger partial charge in [-0.05, 0) is 54.5 Å². The Labute approximate surface area is 129 Å². The van der Waals surface area contributed by atoms with E-state index in [9.17, 15) is 8.42 Å². The minimum atomic E-state index is -3.52. The maximum Gasteiger partial charge on any atom is 0.241 e. The van der Waals surface area contributed by atoms with Gasteiger partial charge in [-0.15, -0.1) is 0 Å². The molecule has 3 N–H and O–H groups in total. The molecule has 7 heteroatoms. The molecule has 20 heavy (non-hydrogen) atoms. The number of benzene rings is 1. The lowest BCUT2D eigenvalue weighted by Gasteiger charge is -2.21. The summed E-state index contributed by atoms with van der Waals surface area (Å²) in [6.45, 7) is 5.47. The van der Waals surface area contributed by atoms with Crippen LogP contribution in [-0.4, -0.2) is 39.5 Å². The number of likely N-dealkylation sites (N-methyl/N-ethyl adjacent to an activating group) is 1. The fourth-order valence-corrected chi connectivity index (χ4v) is 3.61. The molecular formula is C13H22BrN3O2S. The molecule has 0 radical (unpaired) electrons. The predicted molar refractivity (Wildman–Crippen MR) is 85.0 cm³/mol. The van der Waals surface area contributed by atoms with Gasteiger partial charge < -0.3 is 10.6 Å². The lowest BCUT2D eigenvalue weighted by molar-refractivity contribution is 0.278. The summed E-state index contributed by atoms with van der Waals surface area (Å²) in [5.41, 5.74) is 6.33. The van der Waals surface area contributed by atoms with Crippen LogP contribution in [0.5, 0.6) is 0 Å². The lowest BCUT2D eigenvalue weighted by Crippen LogP contribution is -2.36. The highest BCUT2D eigenvalue weighted by Crippen LogP contribution is 2.22. The van der Waals surface area contributed by atoms with Gasteiger partial charge in [-0.2, -0.15) is 0 Å². The monoisotopic (exact) mass is 363 g/mol. The molecule has 0 unspecified atom stereocenters. The topological polar surface area (TPSA) is 75.4 Å². The molecule has 1 aromatic rings. The second kappa shape index (κ2) is 7.51. The molecule has 0 aromatic heterocycles. The van der Waals surface area contributed by atoms with Crippen LogP contribution >= 0.6 is 15.9 Å². The van der Waals surface area contributed by atoms with E-state index >= 15 is 0 Å². The van der Waals surface area contributed by atoms with E-state index in [1.807, 2.05) is 7.05 Å². The van der Waals surface area contributed by atoms with Crippen molar-refractivity contribution in [3.05, 3.63) is 28.2 Å². The van der Waals surface area contributed by atoms with Crippen LogP contribution in [0.2, 0.25) is 0 Å². The molecule has 0 aliphatic rings. The van der Waals surface area contributed by atoms with Crippen molar-refractivity contribution in [2.45, 2.75) is 31.3 Å². The van der Waals surface area contributed by atoms with Crippen molar-refractivity contribution in [1.29, 1.82) is 0 Å². The highest BCUT2D eigenvalue weighted by atomic mass is 79.9. The van der Waals surface area contributed by atoms with Gasteiger partial charge >= 0.3 is 0 Å². The Hall–Kier alpha value is -0.470. The molecule has 114 valence electrons. The second-order valence-corrected chi connectivity index (χ2v) is 7.53. The van der Waals surface area contributed by atoms with Crippen LogP contribution in [0.1, 0.15) is 19.4 Å². The Morgan fingerprint density at radius 2 is 2.05 bits per heavy atom. The average molecular weight is 364 g/mol. The SMILES string of the molecule is CC(C)N(C)CCNS(=O)(=O)c1cc(CN)ccc1Br. The Morgan fingerprint density at radius 1 is 1.40 bits per heavy atom. The Bertz CT molecular complexity index is 547. The van der Waals surface area contributed by atoms with Gasteiger partial charge in [0.05, 0.1) is 4.90 Å². The molecule has 0 amide bonds. The third-order valence-corrected chi connectivity index (χ3v) is 5.61. The molecule has 0 atom stereocenters. The summed E-state index contributed by atoms with van der Waals surface area (Å²) in [6.07, 6.45) is 0. The molecule has 0 bridgehead atoms.